The molecule has 0 radical (unpaired) electrons. The highest BCUT2D eigenvalue weighted by molar-refractivity contribution is 6.03. The molecule has 132 valence electrons. The fourth-order valence-corrected chi connectivity index (χ4v) is 1.93. The van der Waals surface area contributed by atoms with E-state index in [1.807, 2.05) is 0 Å². The molecule has 0 bridgehead atoms. The van der Waals surface area contributed by atoms with Gasteiger partial charge in [-0.25, -0.2) is 4.79 Å². The maximum Gasteiger partial charge on any atom is 0.354 e. The number of furan rings is 1. The Kier molecular flexibility index (Phi) is 6.39. The number of methoxy groups -OCH3 is 1. The average molecular weight is 343 g/mol. The summed E-state index contributed by atoms with van der Waals surface area (Å²) in [5.41, 5.74) is 0.383. The fraction of sp³-hybridized carbons (Fsp3) is 0.263. The molecule has 1 N–H and O–H groups in total. The molecule has 6 nitrogen and oxygen atoms in total. The Balaban J connectivity index is 2.09. The van der Waals surface area contributed by atoms with Gasteiger partial charge in [-0.15, -0.1) is 0 Å². The van der Waals surface area contributed by atoms with Crippen LogP contribution in [0.3, 0.4) is 0 Å². The predicted octanol–water partition coefficient (Wildman–Crippen LogP) is 3.26. The van der Waals surface area contributed by atoms with Gasteiger partial charge in [0.25, 0.3) is 5.91 Å². The molecule has 1 heterocycles. The maximum atomic E-state index is 12.4. The van der Waals surface area contributed by atoms with Gasteiger partial charge in [-0.2, -0.15) is 0 Å². The van der Waals surface area contributed by atoms with Crippen molar-refractivity contribution in [3.8, 4) is 5.75 Å². The molecule has 1 amide bonds. The van der Waals surface area contributed by atoms with Crippen LogP contribution in [0.25, 0.3) is 6.08 Å². The van der Waals surface area contributed by atoms with E-state index in [4.69, 9.17) is 9.15 Å². The average Bonchev–Trinajstić information content (AvgIpc) is 3.12. The number of nitrogens with one attached hydrogen (secondary N) is 1. The molecular formula is C19H21NO5. The van der Waals surface area contributed by atoms with Crippen LogP contribution in [0.4, 0.5) is 0 Å². The van der Waals surface area contributed by atoms with Gasteiger partial charge in [0, 0.05) is 11.6 Å². The zero-order chi connectivity index (χ0) is 18.2. The van der Waals surface area contributed by atoms with Gasteiger partial charge in [0.15, 0.2) is 0 Å². The van der Waals surface area contributed by atoms with E-state index >= 15 is 0 Å². The Morgan fingerprint density at radius 1 is 1.20 bits per heavy atom. The van der Waals surface area contributed by atoms with E-state index in [0.29, 0.717) is 29.6 Å². The zero-order valence-corrected chi connectivity index (χ0v) is 14.4. The van der Waals surface area contributed by atoms with Crippen LogP contribution in [0.15, 0.2) is 52.8 Å². The summed E-state index contributed by atoms with van der Waals surface area (Å²) in [4.78, 5) is 24.2. The third-order valence-corrected chi connectivity index (χ3v) is 3.18. The predicted molar refractivity (Wildman–Crippen MR) is 92.9 cm³/mol. The van der Waals surface area contributed by atoms with Crippen molar-refractivity contribution in [2.45, 2.75) is 13.8 Å². The third kappa shape index (κ3) is 5.53. The summed E-state index contributed by atoms with van der Waals surface area (Å²) >= 11 is 0. The second-order valence-electron chi connectivity index (χ2n) is 5.75. The van der Waals surface area contributed by atoms with E-state index in [9.17, 15) is 9.59 Å². The molecule has 2 aromatic rings. The van der Waals surface area contributed by atoms with Gasteiger partial charge >= 0.3 is 5.97 Å². The largest absolute Gasteiger partial charge is 0.493 e. The van der Waals surface area contributed by atoms with E-state index in [1.54, 1.807) is 36.4 Å². The second-order valence-corrected chi connectivity index (χ2v) is 5.75. The van der Waals surface area contributed by atoms with Gasteiger partial charge in [-0.3, -0.25) is 4.79 Å². The second kappa shape index (κ2) is 8.73. The molecule has 0 atom stereocenters. The fourth-order valence-electron chi connectivity index (χ4n) is 1.93. The molecule has 0 aliphatic carbocycles. The topological polar surface area (TPSA) is 77.8 Å². The van der Waals surface area contributed by atoms with Crippen molar-refractivity contribution in [3.63, 3.8) is 0 Å². The molecule has 1 aromatic heterocycles. The van der Waals surface area contributed by atoms with E-state index in [2.05, 4.69) is 23.9 Å². The zero-order valence-electron chi connectivity index (χ0n) is 14.4. The normalized spacial score (nSPS) is 11.3. The molecule has 0 aliphatic heterocycles. The Labute approximate surface area is 146 Å². The van der Waals surface area contributed by atoms with Crippen LogP contribution in [0.1, 0.15) is 30.0 Å². The minimum atomic E-state index is -0.665. The first-order valence-electron chi connectivity index (χ1n) is 7.87. The number of ether oxygens (including phenoxy) is 2. The summed E-state index contributed by atoms with van der Waals surface area (Å²) in [6, 6.07) is 10.0. The minimum absolute atomic E-state index is 0.0115. The molecule has 0 spiro atoms. The lowest BCUT2D eigenvalue weighted by atomic mass is 10.2. The lowest BCUT2D eigenvalue weighted by Gasteiger charge is -2.10. The number of hydrogen-bond acceptors (Lipinski definition) is 5. The number of carbonyl (C=O) groups is 2. The summed E-state index contributed by atoms with van der Waals surface area (Å²) in [5.74, 6) is 0.431. The highest BCUT2D eigenvalue weighted by atomic mass is 16.5. The van der Waals surface area contributed by atoms with Crippen LogP contribution in [-0.2, 0) is 9.53 Å². The Morgan fingerprint density at radius 3 is 2.48 bits per heavy atom. The monoisotopic (exact) mass is 343 g/mol. The molecule has 2 rings (SSSR count). The maximum absolute atomic E-state index is 12.4. The number of carbonyl (C=O) groups excluding carboxylic acids is 2. The number of rotatable bonds is 7. The van der Waals surface area contributed by atoms with E-state index in [0.717, 1.165) is 0 Å². The van der Waals surface area contributed by atoms with Gasteiger partial charge in [0.2, 0.25) is 0 Å². The Bertz CT molecular complexity index is 730. The molecule has 0 unspecified atom stereocenters. The third-order valence-electron chi connectivity index (χ3n) is 3.18. The lowest BCUT2D eigenvalue weighted by Crippen LogP contribution is -2.28. The highest BCUT2D eigenvalue weighted by Gasteiger charge is 2.15. The summed E-state index contributed by atoms with van der Waals surface area (Å²) in [6.45, 7) is 4.72. The summed E-state index contributed by atoms with van der Waals surface area (Å²) in [7, 11) is 1.24. The number of esters is 1. The SMILES string of the molecule is COC(=O)/C(=C\c1ccco1)NC(=O)c1ccc(OCC(C)C)cc1. The molecule has 0 aliphatic rings. The van der Waals surface area contributed by atoms with Gasteiger partial charge in [0.05, 0.1) is 20.0 Å². The van der Waals surface area contributed by atoms with Crippen molar-refractivity contribution in [1.29, 1.82) is 0 Å². The number of amides is 1. The summed E-state index contributed by atoms with van der Waals surface area (Å²) in [6.07, 6.45) is 2.88. The van der Waals surface area contributed by atoms with Crippen LogP contribution in [0.2, 0.25) is 0 Å². The molecule has 0 fully saturated rings. The summed E-state index contributed by atoms with van der Waals surface area (Å²) in [5, 5.41) is 2.54. The van der Waals surface area contributed by atoms with Gasteiger partial charge in [0.1, 0.15) is 17.2 Å². The van der Waals surface area contributed by atoms with Crippen molar-refractivity contribution >= 4 is 18.0 Å². The van der Waals surface area contributed by atoms with E-state index in [1.165, 1.54) is 19.4 Å². The van der Waals surface area contributed by atoms with Crippen molar-refractivity contribution in [2.24, 2.45) is 5.92 Å². The Hall–Kier alpha value is -3.02. The van der Waals surface area contributed by atoms with Crippen molar-refractivity contribution in [1.82, 2.24) is 5.32 Å². The summed E-state index contributed by atoms with van der Waals surface area (Å²) < 4.78 is 15.4. The first-order valence-corrected chi connectivity index (χ1v) is 7.87. The van der Waals surface area contributed by atoms with Crippen molar-refractivity contribution in [2.75, 3.05) is 13.7 Å². The van der Waals surface area contributed by atoms with Crippen LogP contribution in [0, 0.1) is 5.92 Å². The smallest absolute Gasteiger partial charge is 0.354 e. The van der Waals surface area contributed by atoms with Gasteiger partial charge in [-0.05, 0) is 42.3 Å². The standard InChI is InChI=1S/C19H21NO5/c1-13(2)12-25-15-8-6-14(7-9-15)18(21)20-17(19(22)23-3)11-16-5-4-10-24-16/h4-11,13H,12H2,1-3H3,(H,20,21)/b17-11+. The molecule has 0 saturated carbocycles. The van der Waals surface area contributed by atoms with Crippen LogP contribution >= 0.6 is 0 Å². The number of benzene rings is 1. The van der Waals surface area contributed by atoms with Crippen molar-refractivity contribution < 1.29 is 23.5 Å². The van der Waals surface area contributed by atoms with E-state index in [-0.39, 0.29) is 5.70 Å². The van der Waals surface area contributed by atoms with E-state index < -0.39 is 11.9 Å². The lowest BCUT2D eigenvalue weighted by molar-refractivity contribution is -0.136. The molecular weight excluding hydrogens is 322 g/mol. The van der Waals surface area contributed by atoms with Gasteiger partial charge in [-0.1, -0.05) is 13.8 Å². The molecule has 25 heavy (non-hydrogen) atoms. The Morgan fingerprint density at radius 2 is 1.92 bits per heavy atom. The quantitative estimate of drug-likeness (QED) is 0.617. The minimum Gasteiger partial charge on any atom is -0.493 e. The van der Waals surface area contributed by atoms with Crippen LogP contribution in [0.5, 0.6) is 5.75 Å². The van der Waals surface area contributed by atoms with Crippen LogP contribution < -0.4 is 10.1 Å². The van der Waals surface area contributed by atoms with Crippen molar-refractivity contribution in [3.05, 3.63) is 59.7 Å². The first-order chi connectivity index (χ1) is 12.0. The van der Waals surface area contributed by atoms with Gasteiger partial charge < -0.3 is 19.2 Å². The molecule has 6 heteroatoms. The highest BCUT2D eigenvalue weighted by Crippen LogP contribution is 2.14. The first kappa shape index (κ1) is 18.3. The molecule has 0 saturated heterocycles. The van der Waals surface area contributed by atoms with Crippen LogP contribution in [-0.4, -0.2) is 25.6 Å². The molecule has 1 aromatic carbocycles. The number of hydrogen-bond donors (Lipinski definition) is 1.